The van der Waals surface area contributed by atoms with E-state index in [1.807, 2.05) is 38.1 Å². The van der Waals surface area contributed by atoms with Gasteiger partial charge in [0.05, 0.1) is 39.6 Å². The normalized spacial score (nSPS) is 19.8. The Bertz CT molecular complexity index is 1400. The molecule has 2 heterocycles. The van der Waals surface area contributed by atoms with Crippen LogP contribution in [0.25, 0.3) is 21.8 Å². The van der Waals surface area contributed by atoms with Gasteiger partial charge in [0, 0.05) is 59.5 Å². The van der Waals surface area contributed by atoms with Crippen molar-refractivity contribution in [1.82, 2.24) is 9.13 Å². The van der Waals surface area contributed by atoms with Gasteiger partial charge in [-0.3, -0.25) is 0 Å². The summed E-state index contributed by atoms with van der Waals surface area (Å²) in [4.78, 5) is 0. The molecule has 2 aromatic heterocycles. The maximum absolute atomic E-state index is 14.2. The second kappa shape index (κ2) is 16.9. The van der Waals surface area contributed by atoms with Crippen LogP contribution >= 0.6 is 0 Å². The van der Waals surface area contributed by atoms with E-state index in [2.05, 4.69) is 47.2 Å². The van der Waals surface area contributed by atoms with Crippen molar-refractivity contribution < 1.29 is 29.2 Å². The molecule has 1 saturated carbocycles. The van der Waals surface area contributed by atoms with E-state index in [1.165, 1.54) is 0 Å². The first kappa shape index (κ1) is 34.6. The van der Waals surface area contributed by atoms with E-state index < -0.39 is 24.0 Å². The molecule has 4 aromatic rings. The zero-order valence-electron chi connectivity index (χ0n) is 28.2. The number of benzene rings is 2. The van der Waals surface area contributed by atoms with Gasteiger partial charge in [-0.25, -0.2) is 0 Å². The lowest BCUT2D eigenvalue weighted by Crippen LogP contribution is -2.63. The average Bonchev–Trinajstić information content (AvgIpc) is 3.49. The van der Waals surface area contributed by atoms with Gasteiger partial charge < -0.3 is 38.3 Å². The van der Waals surface area contributed by atoms with E-state index in [1.54, 1.807) is 0 Å². The van der Waals surface area contributed by atoms with Gasteiger partial charge in [0.15, 0.2) is 0 Å². The van der Waals surface area contributed by atoms with Gasteiger partial charge in [-0.15, -0.1) is 12.2 Å². The summed E-state index contributed by atoms with van der Waals surface area (Å²) in [5.74, 6) is -1.19. The van der Waals surface area contributed by atoms with Crippen molar-refractivity contribution >= 4 is 21.8 Å². The lowest BCUT2D eigenvalue weighted by Gasteiger charge is -2.62. The van der Waals surface area contributed by atoms with Gasteiger partial charge in [-0.1, -0.05) is 63.1 Å². The summed E-state index contributed by atoms with van der Waals surface area (Å²) in [7, 11) is 0. The summed E-state index contributed by atoms with van der Waals surface area (Å²) in [5, 5.41) is 30.4. The fourth-order valence-electron chi connectivity index (χ4n) is 7.11. The SMILES string of the molecule is CCCCOCCOCCn1c(C)c(C2C([O-])C(c3c(C)n(CCOCCOCCCC)c4ccccc34)C2[O-])c2ccccc21. The maximum atomic E-state index is 14.2. The molecule has 0 bridgehead atoms. The molecule has 0 aliphatic heterocycles. The minimum atomic E-state index is -1.02. The van der Waals surface area contributed by atoms with Crippen LogP contribution in [0.1, 0.15) is 73.9 Å². The fraction of sp³-hybridized carbons (Fsp3) is 0.579. The molecule has 1 fully saturated rings. The van der Waals surface area contributed by atoms with Crippen LogP contribution in [0.3, 0.4) is 0 Å². The Morgan fingerprint density at radius 1 is 0.543 bits per heavy atom. The van der Waals surface area contributed by atoms with Crippen LogP contribution in [0.2, 0.25) is 0 Å². The van der Waals surface area contributed by atoms with Crippen molar-refractivity contribution in [3.05, 3.63) is 71.0 Å². The van der Waals surface area contributed by atoms with Gasteiger partial charge in [0.1, 0.15) is 0 Å². The molecule has 5 rings (SSSR count). The summed E-state index contributed by atoms with van der Waals surface area (Å²) < 4.78 is 27.4. The van der Waals surface area contributed by atoms with Crippen molar-refractivity contribution in [2.45, 2.75) is 90.5 Å². The smallest absolute Gasteiger partial charge is 0.0701 e. The second-order valence-corrected chi connectivity index (χ2v) is 12.5. The molecule has 1 aliphatic carbocycles. The van der Waals surface area contributed by atoms with Crippen molar-refractivity contribution in [2.24, 2.45) is 0 Å². The summed E-state index contributed by atoms with van der Waals surface area (Å²) in [6.07, 6.45) is 2.32. The van der Waals surface area contributed by atoms with Crippen LogP contribution in [-0.4, -0.2) is 74.2 Å². The molecule has 0 saturated heterocycles. The van der Waals surface area contributed by atoms with Crippen molar-refractivity contribution in [2.75, 3.05) is 52.9 Å². The highest BCUT2D eigenvalue weighted by atomic mass is 16.5. The molecule has 252 valence electrons. The molecule has 8 nitrogen and oxygen atoms in total. The number of ether oxygens (including phenoxy) is 4. The minimum absolute atomic E-state index is 0.541. The number of nitrogens with zero attached hydrogens (tertiary/aromatic N) is 2. The second-order valence-electron chi connectivity index (χ2n) is 12.5. The molecular weight excluding hydrogens is 580 g/mol. The fourth-order valence-corrected chi connectivity index (χ4v) is 7.11. The Morgan fingerprint density at radius 3 is 1.30 bits per heavy atom. The van der Waals surface area contributed by atoms with Crippen molar-refractivity contribution in [1.29, 1.82) is 0 Å². The third-order valence-corrected chi connectivity index (χ3v) is 9.59. The molecule has 2 aromatic carbocycles. The average molecular weight is 633 g/mol. The molecule has 0 N–H and O–H groups in total. The largest absolute Gasteiger partial charge is 0.851 e. The Labute approximate surface area is 274 Å². The highest BCUT2D eigenvalue weighted by Gasteiger charge is 2.42. The number of unbranched alkanes of at least 4 members (excludes halogenated alkanes) is 2. The van der Waals surface area contributed by atoms with Gasteiger partial charge in [0.2, 0.25) is 0 Å². The summed E-state index contributed by atoms with van der Waals surface area (Å²) >= 11 is 0. The number of rotatable bonds is 20. The topological polar surface area (TPSA) is 92.9 Å². The molecule has 0 unspecified atom stereocenters. The third-order valence-electron chi connectivity index (χ3n) is 9.59. The number of para-hydroxylation sites is 2. The minimum Gasteiger partial charge on any atom is -0.851 e. The van der Waals surface area contributed by atoms with Crippen LogP contribution in [0.15, 0.2) is 48.5 Å². The monoisotopic (exact) mass is 632 g/mol. The number of aromatic nitrogens is 2. The third kappa shape index (κ3) is 7.38. The molecular formula is C38H52N2O6-2. The lowest BCUT2D eigenvalue weighted by atomic mass is 9.62. The van der Waals surface area contributed by atoms with E-state index >= 15 is 0 Å². The quantitative estimate of drug-likeness (QED) is 0.124. The Hall–Kier alpha value is -2.72. The van der Waals surface area contributed by atoms with Crippen LogP contribution in [0.4, 0.5) is 0 Å². The van der Waals surface area contributed by atoms with E-state index in [9.17, 15) is 10.2 Å². The predicted molar refractivity (Wildman–Crippen MR) is 179 cm³/mol. The van der Waals surface area contributed by atoms with E-state index in [4.69, 9.17) is 18.9 Å². The highest BCUT2D eigenvalue weighted by molar-refractivity contribution is 5.88. The summed E-state index contributed by atoms with van der Waals surface area (Å²) in [6.45, 7) is 14.6. The maximum Gasteiger partial charge on any atom is 0.0701 e. The zero-order valence-corrected chi connectivity index (χ0v) is 28.2. The van der Waals surface area contributed by atoms with Gasteiger partial charge in [0.25, 0.3) is 0 Å². The first-order chi connectivity index (χ1) is 22.5. The van der Waals surface area contributed by atoms with Crippen LogP contribution in [-0.2, 0) is 32.0 Å². The van der Waals surface area contributed by atoms with E-state index in [0.717, 1.165) is 83.2 Å². The first-order valence-corrected chi connectivity index (χ1v) is 17.3. The van der Waals surface area contributed by atoms with E-state index in [-0.39, 0.29) is 0 Å². The predicted octanol–water partition coefficient (Wildman–Crippen LogP) is 5.22. The van der Waals surface area contributed by atoms with Gasteiger partial charge in [-0.2, -0.15) is 0 Å². The van der Waals surface area contributed by atoms with Crippen molar-refractivity contribution in [3.8, 4) is 0 Å². The zero-order chi connectivity index (χ0) is 32.5. The van der Waals surface area contributed by atoms with Crippen LogP contribution < -0.4 is 10.2 Å². The Balaban J connectivity index is 1.29. The lowest BCUT2D eigenvalue weighted by molar-refractivity contribution is -0.535. The summed E-state index contributed by atoms with van der Waals surface area (Å²) in [6, 6.07) is 16.3. The molecule has 0 amide bonds. The van der Waals surface area contributed by atoms with Crippen molar-refractivity contribution in [3.63, 3.8) is 0 Å². The molecule has 8 heteroatoms. The molecule has 1 aliphatic rings. The van der Waals surface area contributed by atoms with Crippen LogP contribution in [0.5, 0.6) is 0 Å². The highest BCUT2D eigenvalue weighted by Crippen LogP contribution is 2.51. The number of hydrogen-bond acceptors (Lipinski definition) is 6. The standard InChI is InChI=1S/C38H52N2O6/c1-5-7-19-43-23-25-45-21-17-39-27(3)33(29-13-9-11-15-31(29)39)35-37(41)36(38(35)42)34-28(4)40(32-16-12-10-14-30(32)34)18-22-46-26-24-44-20-8-6-2/h9-16,35-38H,5-8,17-26H2,1-4H3/q-2. The first-order valence-electron chi connectivity index (χ1n) is 17.3. The Morgan fingerprint density at radius 2 is 0.913 bits per heavy atom. The van der Waals surface area contributed by atoms with Gasteiger partial charge in [-0.05, 0) is 61.8 Å². The molecule has 46 heavy (non-hydrogen) atoms. The molecule has 0 atom stereocenters. The van der Waals surface area contributed by atoms with E-state index in [0.29, 0.717) is 52.7 Å². The number of fused-ring (bicyclic) bond motifs is 2. The molecule has 0 spiro atoms. The van der Waals surface area contributed by atoms with Crippen LogP contribution in [0, 0.1) is 13.8 Å². The summed E-state index contributed by atoms with van der Waals surface area (Å²) in [5.41, 5.74) is 5.89. The van der Waals surface area contributed by atoms with Gasteiger partial charge >= 0.3 is 0 Å². The molecule has 0 radical (unpaired) electrons. The Kier molecular flexibility index (Phi) is 12.7. The number of hydrogen-bond donors (Lipinski definition) is 0.